The van der Waals surface area contributed by atoms with E-state index in [0.29, 0.717) is 0 Å². The van der Waals surface area contributed by atoms with Crippen molar-refractivity contribution in [3.8, 4) is 0 Å². The molecule has 0 aliphatic carbocycles. The molecule has 0 bridgehead atoms. The second kappa shape index (κ2) is 9.92. The minimum atomic E-state index is -0.0695. The van der Waals surface area contributed by atoms with Crippen LogP contribution in [0.15, 0.2) is 158 Å². The van der Waals surface area contributed by atoms with Crippen molar-refractivity contribution in [3.05, 3.63) is 169 Å². The second-order valence-corrected chi connectivity index (χ2v) is 11.5. The molecule has 4 heterocycles. The minimum Gasteiger partial charge on any atom is -0.361 e. The molecule has 0 spiro atoms. The molecule has 0 saturated carbocycles. The Balaban J connectivity index is 1.32. The molecule has 2 aliphatic rings. The zero-order chi connectivity index (χ0) is 29.0. The molecule has 2 N–H and O–H groups in total. The number of benzene rings is 5. The topological polar surface area (TPSA) is 33.9 Å². The molecule has 2 unspecified atom stereocenters. The number of nitrogens with zero attached hydrogens (tertiary/aromatic N) is 2. The van der Waals surface area contributed by atoms with Crippen LogP contribution in [-0.2, 0) is 0 Å². The van der Waals surface area contributed by atoms with Crippen LogP contribution >= 0.6 is 0 Å². The van der Waals surface area contributed by atoms with Crippen LogP contribution in [0.4, 0.5) is 0 Å². The van der Waals surface area contributed by atoms with Crippen molar-refractivity contribution in [3.63, 3.8) is 0 Å². The van der Waals surface area contributed by atoms with E-state index in [9.17, 15) is 0 Å². The Kier molecular flexibility index (Phi) is 5.60. The van der Waals surface area contributed by atoms with Gasteiger partial charge in [0.2, 0.25) is 0 Å². The van der Waals surface area contributed by atoms with Crippen LogP contribution in [0.25, 0.3) is 55.1 Å². The monoisotopic (exact) mass is 566 g/mol. The van der Waals surface area contributed by atoms with E-state index in [2.05, 4.69) is 178 Å². The third-order valence-electron chi connectivity index (χ3n) is 8.99. The molecule has 0 fully saturated rings. The van der Waals surface area contributed by atoms with Crippen molar-refractivity contribution in [1.29, 1.82) is 0 Å². The van der Waals surface area contributed by atoms with Gasteiger partial charge in [-0.25, -0.2) is 0 Å². The van der Waals surface area contributed by atoms with Gasteiger partial charge in [0, 0.05) is 27.2 Å². The maximum Gasteiger partial charge on any atom is 0.123 e. The molecule has 2 aromatic heterocycles. The first-order valence-corrected chi connectivity index (χ1v) is 15.2. The van der Waals surface area contributed by atoms with Crippen LogP contribution in [0.5, 0.6) is 0 Å². The van der Waals surface area contributed by atoms with Gasteiger partial charge in [-0.2, -0.15) is 0 Å². The fourth-order valence-corrected chi connectivity index (χ4v) is 7.04. The van der Waals surface area contributed by atoms with Gasteiger partial charge in [0.15, 0.2) is 0 Å². The number of nitrogens with one attached hydrogen (secondary N) is 2. The molecule has 4 heteroatoms. The quantitative estimate of drug-likeness (QED) is 0.223. The van der Waals surface area contributed by atoms with Crippen LogP contribution in [0, 0.1) is 0 Å². The highest BCUT2D eigenvalue weighted by Gasteiger charge is 2.25. The number of dihydropyridines is 2. The van der Waals surface area contributed by atoms with Crippen LogP contribution in [0.1, 0.15) is 23.3 Å². The van der Waals surface area contributed by atoms with Crippen molar-refractivity contribution >= 4 is 55.1 Å². The number of hydrogen-bond donors (Lipinski definition) is 2. The van der Waals surface area contributed by atoms with E-state index in [1.807, 2.05) is 0 Å². The molecule has 7 aromatic rings. The smallest absolute Gasteiger partial charge is 0.123 e. The van der Waals surface area contributed by atoms with E-state index >= 15 is 0 Å². The Hall–Kier alpha value is -5.74. The molecular formula is C40H30N4. The van der Waals surface area contributed by atoms with E-state index in [-0.39, 0.29) is 12.2 Å². The summed E-state index contributed by atoms with van der Waals surface area (Å²) in [4.78, 5) is 0. The average Bonchev–Trinajstić information content (AvgIpc) is 3.62. The van der Waals surface area contributed by atoms with Crippen molar-refractivity contribution in [2.45, 2.75) is 12.2 Å². The summed E-state index contributed by atoms with van der Waals surface area (Å²) in [6.45, 7) is 0. The third-order valence-corrected chi connectivity index (χ3v) is 8.99. The Morgan fingerprint density at radius 1 is 0.500 bits per heavy atom. The van der Waals surface area contributed by atoms with Gasteiger partial charge in [-0.05, 0) is 41.5 Å². The summed E-state index contributed by atoms with van der Waals surface area (Å²) < 4.78 is 4.92. The van der Waals surface area contributed by atoms with Crippen LogP contribution in [0.3, 0.4) is 0 Å². The van der Waals surface area contributed by atoms with Crippen molar-refractivity contribution < 1.29 is 0 Å². The van der Waals surface area contributed by atoms with E-state index in [1.165, 1.54) is 54.7 Å². The minimum absolute atomic E-state index is 0.0695. The van der Waals surface area contributed by atoms with Crippen molar-refractivity contribution in [1.82, 2.24) is 19.8 Å². The molecule has 0 radical (unpaired) electrons. The summed E-state index contributed by atoms with van der Waals surface area (Å²) in [5.74, 6) is 1.06. The summed E-state index contributed by atoms with van der Waals surface area (Å²) >= 11 is 0. The summed E-state index contributed by atoms with van der Waals surface area (Å²) in [5.41, 5.74) is 8.34. The van der Waals surface area contributed by atoms with Gasteiger partial charge in [-0.3, -0.25) is 4.57 Å². The van der Waals surface area contributed by atoms with E-state index < -0.39 is 0 Å². The normalized spacial score (nSPS) is 18.0. The molecular weight excluding hydrogens is 536 g/mol. The molecule has 2 atom stereocenters. The summed E-state index contributed by atoms with van der Waals surface area (Å²) in [6.07, 6.45) is 13.2. The Labute approximate surface area is 255 Å². The SMILES string of the molecule is C1=CC(c2ccccc2)NC(n2c3ccccc3c3ccc4c5ccccc5n(C5C=CC=C(c6ccccc6)N5)c4c32)=C1. The highest BCUT2D eigenvalue weighted by atomic mass is 15.2. The van der Waals surface area contributed by atoms with Gasteiger partial charge in [-0.1, -0.05) is 127 Å². The first kappa shape index (κ1) is 24.8. The van der Waals surface area contributed by atoms with Gasteiger partial charge in [0.1, 0.15) is 12.0 Å². The van der Waals surface area contributed by atoms with E-state index in [4.69, 9.17) is 0 Å². The molecule has 2 aliphatic heterocycles. The van der Waals surface area contributed by atoms with Crippen LogP contribution in [0.2, 0.25) is 0 Å². The zero-order valence-electron chi connectivity index (χ0n) is 24.1. The maximum absolute atomic E-state index is 3.87. The van der Waals surface area contributed by atoms with E-state index in [1.54, 1.807) is 0 Å². The van der Waals surface area contributed by atoms with Gasteiger partial charge in [-0.15, -0.1) is 0 Å². The van der Waals surface area contributed by atoms with E-state index in [0.717, 1.165) is 11.5 Å². The lowest BCUT2D eigenvalue weighted by molar-refractivity contribution is 0.589. The number of hydrogen-bond acceptors (Lipinski definition) is 2. The Bertz CT molecular complexity index is 2330. The van der Waals surface area contributed by atoms with Crippen LogP contribution < -0.4 is 10.6 Å². The standard InChI is InChI=1S/C40H30N4/c1-3-13-27(14-4-1)33-19-11-23-37(41-33)43-35-21-9-7-17-29(35)31-25-26-32-30-18-8-10-22-36(30)44(40(32)39(31)43)38-24-12-20-34(42-38)28-15-5-2-6-16-28/h1-26,33,38,41-42H. The molecule has 5 aromatic carbocycles. The number of rotatable bonds is 4. The highest BCUT2D eigenvalue weighted by molar-refractivity contribution is 6.23. The number of fused-ring (bicyclic) bond motifs is 7. The lowest BCUT2D eigenvalue weighted by Crippen LogP contribution is -2.26. The van der Waals surface area contributed by atoms with Crippen molar-refractivity contribution in [2.75, 3.05) is 0 Å². The van der Waals surface area contributed by atoms with Gasteiger partial charge in [0.25, 0.3) is 0 Å². The molecule has 210 valence electrons. The van der Waals surface area contributed by atoms with Crippen LogP contribution in [-0.4, -0.2) is 9.13 Å². The average molecular weight is 567 g/mol. The lowest BCUT2D eigenvalue weighted by atomic mass is 10.0. The lowest BCUT2D eigenvalue weighted by Gasteiger charge is -2.27. The number of para-hydroxylation sites is 2. The summed E-state index contributed by atoms with van der Waals surface area (Å²) in [6, 6.07) is 43.5. The fraction of sp³-hybridized carbons (Fsp3) is 0.0500. The fourth-order valence-electron chi connectivity index (χ4n) is 7.04. The molecule has 0 amide bonds. The molecule has 0 saturated heterocycles. The van der Waals surface area contributed by atoms with Gasteiger partial charge < -0.3 is 15.2 Å². The largest absolute Gasteiger partial charge is 0.361 e. The predicted molar refractivity (Wildman–Crippen MR) is 184 cm³/mol. The van der Waals surface area contributed by atoms with Gasteiger partial charge in [0.05, 0.1) is 28.1 Å². The van der Waals surface area contributed by atoms with Gasteiger partial charge >= 0.3 is 0 Å². The number of aromatic nitrogens is 2. The second-order valence-electron chi connectivity index (χ2n) is 11.5. The summed E-state index contributed by atoms with van der Waals surface area (Å²) in [5, 5.41) is 12.7. The zero-order valence-corrected chi connectivity index (χ0v) is 24.1. The molecule has 44 heavy (non-hydrogen) atoms. The number of allylic oxidation sites excluding steroid dienone is 4. The maximum atomic E-state index is 3.87. The van der Waals surface area contributed by atoms with Crippen molar-refractivity contribution in [2.24, 2.45) is 0 Å². The predicted octanol–water partition coefficient (Wildman–Crippen LogP) is 9.30. The summed E-state index contributed by atoms with van der Waals surface area (Å²) in [7, 11) is 0. The molecule has 9 rings (SSSR count). The third kappa shape index (κ3) is 3.78. The Morgan fingerprint density at radius 3 is 1.93 bits per heavy atom. The molecule has 4 nitrogen and oxygen atoms in total. The Morgan fingerprint density at radius 2 is 1.14 bits per heavy atom. The first-order valence-electron chi connectivity index (χ1n) is 15.2. The highest BCUT2D eigenvalue weighted by Crippen LogP contribution is 2.42. The first-order chi connectivity index (χ1) is 21.8.